The lowest BCUT2D eigenvalue weighted by Crippen LogP contribution is -2.46. The first kappa shape index (κ1) is 33.6. The summed E-state index contributed by atoms with van der Waals surface area (Å²) in [5.74, 6) is -2.76. The highest BCUT2D eigenvalue weighted by Crippen LogP contribution is 2.30. The summed E-state index contributed by atoms with van der Waals surface area (Å²) in [7, 11) is 0. The minimum atomic E-state index is -4.86. The van der Waals surface area contributed by atoms with Crippen LogP contribution < -0.4 is 10.6 Å². The number of alkyl halides is 3. The highest BCUT2D eigenvalue weighted by Gasteiger charge is 2.38. The monoisotopic (exact) mass is 527 g/mol. The van der Waals surface area contributed by atoms with Crippen molar-refractivity contribution in [3.05, 3.63) is 0 Å². The molecule has 5 N–H and O–H groups in total. The van der Waals surface area contributed by atoms with E-state index in [1.165, 1.54) is 6.92 Å². The van der Waals surface area contributed by atoms with E-state index in [0.29, 0.717) is 64.6 Å². The Morgan fingerprint density at radius 2 is 1.33 bits per heavy atom. The molecule has 1 saturated heterocycles. The Kier molecular flexibility index (Phi) is 16.7. The van der Waals surface area contributed by atoms with Gasteiger partial charge < -0.3 is 30.9 Å². The molecule has 1 aliphatic rings. The van der Waals surface area contributed by atoms with Crippen molar-refractivity contribution in [3.63, 3.8) is 0 Å². The lowest BCUT2D eigenvalue weighted by atomic mass is 9.80. The fourth-order valence-corrected chi connectivity index (χ4v) is 3.48. The molecule has 0 atom stereocenters. The lowest BCUT2D eigenvalue weighted by molar-refractivity contribution is -0.173. The van der Waals surface area contributed by atoms with E-state index >= 15 is 0 Å². The van der Waals surface area contributed by atoms with Crippen LogP contribution in [-0.2, 0) is 19.2 Å². The highest BCUT2D eigenvalue weighted by molar-refractivity contribution is 5.81. The number of rotatable bonds is 14. The van der Waals surface area contributed by atoms with Crippen molar-refractivity contribution in [2.24, 2.45) is 5.41 Å². The SMILES string of the molecule is CC(=O)NCCCCCC(=O)O.O=C(CCCCCNC(=O)C(F)(F)F)N1CCC(CO)(CO)CC1. The molecule has 36 heavy (non-hydrogen) atoms. The first-order chi connectivity index (χ1) is 16.9. The summed E-state index contributed by atoms with van der Waals surface area (Å²) in [5, 5.41) is 31.4. The molecule has 0 aromatic heterocycles. The van der Waals surface area contributed by atoms with Crippen LogP contribution in [0.2, 0.25) is 0 Å². The number of hydrogen-bond donors (Lipinski definition) is 5. The molecular formula is C23H40F3N3O7. The van der Waals surface area contributed by atoms with Crippen LogP contribution in [0.25, 0.3) is 0 Å². The molecular weight excluding hydrogens is 487 g/mol. The molecule has 0 spiro atoms. The second-order valence-electron chi connectivity index (χ2n) is 8.95. The summed E-state index contributed by atoms with van der Waals surface area (Å²) in [6.07, 6.45) is 0.643. The van der Waals surface area contributed by atoms with Gasteiger partial charge in [-0.05, 0) is 38.5 Å². The van der Waals surface area contributed by atoms with Crippen molar-refractivity contribution >= 4 is 23.7 Å². The molecule has 210 valence electrons. The van der Waals surface area contributed by atoms with E-state index in [9.17, 15) is 42.6 Å². The number of unbranched alkanes of at least 4 members (excludes halogenated alkanes) is 4. The summed E-state index contributed by atoms with van der Waals surface area (Å²) in [6.45, 7) is 2.82. The van der Waals surface area contributed by atoms with Gasteiger partial charge in [0.15, 0.2) is 0 Å². The van der Waals surface area contributed by atoms with Crippen LogP contribution in [-0.4, -0.2) is 89.5 Å². The Bertz CT molecular complexity index is 658. The maximum Gasteiger partial charge on any atom is 0.471 e. The fourth-order valence-electron chi connectivity index (χ4n) is 3.48. The zero-order valence-corrected chi connectivity index (χ0v) is 20.9. The van der Waals surface area contributed by atoms with Gasteiger partial charge in [0.05, 0.1) is 13.2 Å². The largest absolute Gasteiger partial charge is 0.481 e. The van der Waals surface area contributed by atoms with Crippen LogP contribution in [0.4, 0.5) is 13.2 Å². The number of halogens is 3. The molecule has 0 radical (unpaired) electrons. The first-order valence-electron chi connectivity index (χ1n) is 12.2. The van der Waals surface area contributed by atoms with E-state index in [-0.39, 0.29) is 38.0 Å². The normalized spacial score (nSPS) is 14.9. The van der Waals surface area contributed by atoms with Crippen LogP contribution in [0.3, 0.4) is 0 Å². The summed E-state index contributed by atoms with van der Waals surface area (Å²) < 4.78 is 35.8. The van der Waals surface area contributed by atoms with Crippen LogP contribution in [0.5, 0.6) is 0 Å². The van der Waals surface area contributed by atoms with Crippen molar-refractivity contribution in [2.75, 3.05) is 39.4 Å². The molecule has 1 rings (SSSR count). The number of nitrogens with one attached hydrogen (secondary N) is 2. The maximum atomic E-state index is 12.0. The molecule has 0 unspecified atom stereocenters. The van der Waals surface area contributed by atoms with E-state index in [4.69, 9.17) is 5.11 Å². The average molecular weight is 528 g/mol. The number of amides is 3. The van der Waals surface area contributed by atoms with Gasteiger partial charge in [-0.3, -0.25) is 19.2 Å². The summed E-state index contributed by atoms with van der Waals surface area (Å²) in [4.78, 5) is 44.8. The Labute approximate surface area is 209 Å². The molecule has 0 aromatic rings. The zero-order chi connectivity index (χ0) is 27.6. The van der Waals surface area contributed by atoms with Gasteiger partial charge in [-0.1, -0.05) is 12.8 Å². The molecule has 1 heterocycles. The smallest absolute Gasteiger partial charge is 0.471 e. The van der Waals surface area contributed by atoms with Crippen molar-refractivity contribution in [2.45, 2.75) is 77.3 Å². The Morgan fingerprint density at radius 1 is 0.833 bits per heavy atom. The Balaban J connectivity index is 0.000000860. The second-order valence-corrected chi connectivity index (χ2v) is 8.95. The minimum Gasteiger partial charge on any atom is -0.481 e. The number of aliphatic hydroxyl groups is 2. The number of aliphatic hydroxyl groups excluding tert-OH is 2. The van der Waals surface area contributed by atoms with Crippen LogP contribution in [0.1, 0.15) is 71.1 Å². The van der Waals surface area contributed by atoms with Crippen LogP contribution in [0.15, 0.2) is 0 Å². The van der Waals surface area contributed by atoms with Gasteiger partial charge >= 0.3 is 18.1 Å². The van der Waals surface area contributed by atoms with Gasteiger partial charge in [0.25, 0.3) is 0 Å². The Hall–Kier alpha value is -2.41. The van der Waals surface area contributed by atoms with Gasteiger partial charge in [-0.25, -0.2) is 0 Å². The molecule has 0 aliphatic carbocycles. The van der Waals surface area contributed by atoms with E-state index in [1.54, 1.807) is 10.2 Å². The van der Waals surface area contributed by atoms with Gasteiger partial charge in [0, 0.05) is 51.4 Å². The van der Waals surface area contributed by atoms with Gasteiger partial charge in [-0.15, -0.1) is 0 Å². The standard InChI is InChI=1S/C15H25F3N2O4.C8H15NO3/c16-15(17,18)13(24)19-7-3-1-2-4-12(23)20-8-5-14(10-21,11-22)6-9-20;1-7(10)9-6-4-2-3-5-8(11)12/h21-22H,1-11H2,(H,19,24);2-6H2,1H3,(H,9,10)(H,11,12). The summed E-state index contributed by atoms with van der Waals surface area (Å²) >= 11 is 0. The molecule has 13 heteroatoms. The molecule has 0 aromatic carbocycles. The number of carboxylic acids is 1. The number of likely N-dealkylation sites (tertiary alicyclic amines) is 1. The van der Waals surface area contributed by atoms with E-state index < -0.39 is 23.5 Å². The highest BCUT2D eigenvalue weighted by atomic mass is 19.4. The van der Waals surface area contributed by atoms with Crippen molar-refractivity contribution in [1.29, 1.82) is 0 Å². The number of carbonyl (C=O) groups is 4. The zero-order valence-electron chi connectivity index (χ0n) is 20.9. The first-order valence-corrected chi connectivity index (χ1v) is 12.2. The topological polar surface area (TPSA) is 156 Å². The third-order valence-corrected chi connectivity index (χ3v) is 5.90. The van der Waals surface area contributed by atoms with E-state index in [0.717, 1.165) is 12.8 Å². The summed E-state index contributed by atoms with van der Waals surface area (Å²) in [6, 6.07) is 0. The number of aliphatic carboxylic acids is 1. The third-order valence-electron chi connectivity index (χ3n) is 5.90. The molecule has 3 amide bonds. The molecule has 0 saturated carbocycles. The number of piperidine rings is 1. The van der Waals surface area contributed by atoms with Crippen molar-refractivity contribution < 1.29 is 47.7 Å². The molecule has 1 fully saturated rings. The minimum absolute atomic E-state index is 0.0289. The fraction of sp³-hybridized carbons (Fsp3) is 0.826. The van der Waals surface area contributed by atoms with E-state index in [2.05, 4.69) is 5.32 Å². The molecule has 10 nitrogen and oxygen atoms in total. The number of carbonyl (C=O) groups excluding carboxylic acids is 3. The van der Waals surface area contributed by atoms with Gasteiger partial charge in [0.1, 0.15) is 0 Å². The Morgan fingerprint density at radius 3 is 1.78 bits per heavy atom. The number of carboxylic acid groups (broad SMARTS) is 1. The van der Waals surface area contributed by atoms with Gasteiger partial charge in [-0.2, -0.15) is 13.2 Å². The second kappa shape index (κ2) is 17.9. The molecule has 1 aliphatic heterocycles. The third kappa shape index (κ3) is 15.6. The quantitative estimate of drug-likeness (QED) is 0.215. The van der Waals surface area contributed by atoms with Crippen molar-refractivity contribution in [1.82, 2.24) is 15.5 Å². The maximum absolute atomic E-state index is 12.0. The average Bonchev–Trinajstić information content (AvgIpc) is 2.82. The van der Waals surface area contributed by atoms with Crippen LogP contribution in [0, 0.1) is 5.41 Å². The summed E-state index contributed by atoms with van der Waals surface area (Å²) in [5.41, 5.74) is -0.506. The number of hydrogen-bond acceptors (Lipinski definition) is 6. The van der Waals surface area contributed by atoms with E-state index in [1.807, 2.05) is 0 Å². The van der Waals surface area contributed by atoms with Crippen molar-refractivity contribution in [3.8, 4) is 0 Å². The predicted octanol–water partition coefficient (Wildman–Crippen LogP) is 1.59. The lowest BCUT2D eigenvalue weighted by Gasteiger charge is -2.39. The molecule has 0 bridgehead atoms. The van der Waals surface area contributed by atoms with Gasteiger partial charge in [0.2, 0.25) is 11.8 Å². The van der Waals surface area contributed by atoms with Crippen LogP contribution >= 0.6 is 0 Å². The number of nitrogens with zero attached hydrogens (tertiary/aromatic N) is 1. The predicted molar refractivity (Wildman–Crippen MR) is 125 cm³/mol.